The van der Waals surface area contributed by atoms with E-state index in [2.05, 4.69) is 5.32 Å². The monoisotopic (exact) mass is 185 g/mol. The number of carbonyl (C=O) groups is 1. The van der Waals surface area contributed by atoms with Crippen LogP contribution < -0.4 is 5.32 Å². The zero-order valence-corrected chi connectivity index (χ0v) is 8.25. The molecule has 1 rings (SSSR count). The van der Waals surface area contributed by atoms with Crippen LogP contribution in [0.15, 0.2) is 0 Å². The molecule has 0 heterocycles. The first kappa shape index (κ1) is 10.5. The Bertz CT molecular complexity index is 166. The highest BCUT2D eigenvalue weighted by Crippen LogP contribution is 2.26. The molecule has 0 bridgehead atoms. The zero-order valence-electron chi connectivity index (χ0n) is 8.25. The van der Waals surface area contributed by atoms with E-state index in [1.165, 1.54) is 6.42 Å². The van der Waals surface area contributed by atoms with Gasteiger partial charge in [-0.1, -0.05) is 6.42 Å². The van der Waals surface area contributed by atoms with Gasteiger partial charge in [-0.05, 0) is 32.6 Å². The minimum atomic E-state index is 0.205. The van der Waals surface area contributed by atoms with Gasteiger partial charge in [-0.15, -0.1) is 0 Å². The summed E-state index contributed by atoms with van der Waals surface area (Å²) in [4.78, 5) is 11.4. The lowest BCUT2D eigenvalue weighted by Crippen LogP contribution is -2.39. The second-order valence-corrected chi connectivity index (χ2v) is 3.90. The minimum absolute atomic E-state index is 0.205. The highest BCUT2D eigenvalue weighted by atomic mass is 16.2. The fraction of sp³-hybridized carbons (Fsp3) is 0.900. The lowest BCUT2D eigenvalue weighted by Gasteiger charge is -2.26. The molecule has 76 valence electrons. The summed E-state index contributed by atoms with van der Waals surface area (Å²) in [7, 11) is 0. The fourth-order valence-electron chi connectivity index (χ4n) is 1.50. The third-order valence-corrected chi connectivity index (χ3v) is 2.66. The van der Waals surface area contributed by atoms with Gasteiger partial charge in [0.1, 0.15) is 0 Å². The average Bonchev–Trinajstić information content (AvgIpc) is 1.97. The number of nitrogens with one attached hydrogen (secondary N) is 1. The van der Waals surface area contributed by atoms with Crippen molar-refractivity contribution in [3.8, 4) is 0 Å². The molecule has 1 fully saturated rings. The Balaban J connectivity index is 2.11. The summed E-state index contributed by atoms with van der Waals surface area (Å²) in [6.45, 7) is 2.20. The van der Waals surface area contributed by atoms with E-state index in [4.69, 9.17) is 5.11 Å². The van der Waals surface area contributed by atoms with Gasteiger partial charge in [0.05, 0.1) is 0 Å². The Morgan fingerprint density at radius 1 is 1.62 bits per heavy atom. The van der Waals surface area contributed by atoms with Crippen LogP contribution in [-0.4, -0.2) is 23.7 Å². The van der Waals surface area contributed by atoms with Crippen molar-refractivity contribution in [2.24, 2.45) is 5.92 Å². The molecule has 0 aromatic carbocycles. The molecule has 1 aliphatic carbocycles. The largest absolute Gasteiger partial charge is 0.396 e. The normalized spacial score (nSPS) is 19.2. The molecule has 0 aromatic heterocycles. The highest BCUT2D eigenvalue weighted by Gasteiger charge is 2.25. The van der Waals surface area contributed by atoms with Gasteiger partial charge in [-0.3, -0.25) is 4.79 Å². The van der Waals surface area contributed by atoms with Gasteiger partial charge in [0.25, 0.3) is 0 Å². The number of hydrogen-bond donors (Lipinski definition) is 2. The van der Waals surface area contributed by atoms with Crippen LogP contribution in [-0.2, 0) is 4.79 Å². The first-order chi connectivity index (χ1) is 6.24. The van der Waals surface area contributed by atoms with Crippen molar-refractivity contribution in [3.05, 3.63) is 0 Å². The Morgan fingerprint density at radius 3 is 2.77 bits per heavy atom. The van der Waals surface area contributed by atoms with E-state index in [0.29, 0.717) is 0 Å². The molecular formula is C10H19NO2. The van der Waals surface area contributed by atoms with Crippen LogP contribution >= 0.6 is 0 Å². The van der Waals surface area contributed by atoms with Crippen LogP contribution in [0, 0.1) is 5.92 Å². The van der Waals surface area contributed by atoms with Crippen LogP contribution in [0.3, 0.4) is 0 Å². The molecule has 0 spiro atoms. The average molecular weight is 185 g/mol. The van der Waals surface area contributed by atoms with Crippen molar-refractivity contribution in [1.29, 1.82) is 0 Å². The van der Waals surface area contributed by atoms with Crippen molar-refractivity contribution in [3.63, 3.8) is 0 Å². The smallest absolute Gasteiger partial charge is 0.223 e. The SMILES string of the molecule is CC(CCCO)NC(=O)C1CCC1. The molecule has 3 nitrogen and oxygen atoms in total. The van der Waals surface area contributed by atoms with E-state index >= 15 is 0 Å². The molecule has 1 aliphatic rings. The molecule has 13 heavy (non-hydrogen) atoms. The second-order valence-electron chi connectivity index (χ2n) is 3.90. The minimum Gasteiger partial charge on any atom is -0.396 e. The standard InChI is InChI=1S/C10H19NO2/c1-8(4-3-7-12)11-10(13)9-5-2-6-9/h8-9,12H,2-7H2,1H3,(H,11,13). The van der Waals surface area contributed by atoms with Gasteiger partial charge < -0.3 is 10.4 Å². The maximum absolute atomic E-state index is 11.4. The van der Waals surface area contributed by atoms with Crippen LogP contribution in [0.4, 0.5) is 0 Å². The highest BCUT2D eigenvalue weighted by molar-refractivity contribution is 5.79. The van der Waals surface area contributed by atoms with Gasteiger partial charge in [-0.25, -0.2) is 0 Å². The topological polar surface area (TPSA) is 49.3 Å². The van der Waals surface area contributed by atoms with E-state index in [0.717, 1.165) is 25.7 Å². The van der Waals surface area contributed by atoms with Crippen molar-refractivity contribution in [1.82, 2.24) is 5.32 Å². The lowest BCUT2D eigenvalue weighted by molar-refractivity contribution is -0.128. The summed E-state index contributed by atoms with van der Waals surface area (Å²) in [5.41, 5.74) is 0. The lowest BCUT2D eigenvalue weighted by atomic mass is 9.84. The first-order valence-electron chi connectivity index (χ1n) is 5.15. The third-order valence-electron chi connectivity index (χ3n) is 2.66. The maximum atomic E-state index is 11.4. The zero-order chi connectivity index (χ0) is 9.68. The summed E-state index contributed by atoms with van der Waals surface area (Å²) in [6, 6.07) is 0.209. The Morgan fingerprint density at radius 2 is 2.31 bits per heavy atom. The first-order valence-corrected chi connectivity index (χ1v) is 5.15. The second kappa shape index (κ2) is 5.22. The molecule has 1 saturated carbocycles. The van der Waals surface area contributed by atoms with E-state index in [9.17, 15) is 4.79 Å². The molecule has 1 atom stereocenters. The van der Waals surface area contributed by atoms with E-state index in [-0.39, 0.29) is 24.5 Å². The van der Waals surface area contributed by atoms with Gasteiger partial charge in [0, 0.05) is 18.6 Å². The predicted molar refractivity (Wildman–Crippen MR) is 51.3 cm³/mol. The van der Waals surface area contributed by atoms with Gasteiger partial charge in [0.15, 0.2) is 0 Å². The Hall–Kier alpha value is -0.570. The van der Waals surface area contributed by atoms with Crippen LogP contribution in [0.25, 0.3) is 0 Å². The summed E-state index contributed by atoms with van der Waals surface area (Å²) >= 11 is 0. The number of aliphatic hydroxyl groups is 1. The van der Waals surface area contributed by atoms with Crippen molar-refractivity contribution in [2.75, 3.05) is 6.61 Å². The van der Waals surface area contributed by atoms with Crippen molar-refractivity contribution < 1.29 is 9.90 Å². The molecule has 1 unspecified atom stereocenters. The van der Waals surface area contributed by atoms with Gasteiger partial charge >= 0.3 is 0 Å². The molecular weight excluding hydrogens is 166 g/mol. The molecule has 1 amide bonds. The Labute approximate surface area is 79.5 Å². The Kier molecular flexibility index (Phi) is 4.22. The van der Waals surface area contributed by atoms with Crippen LogP contribution in [0.5, 0.6) is 0 Å². The van der Waals surface area contributed by atoms with E-state index < -0.39 is 0 Å². The number of rotatable bonds is 5. The number of carbonyl (C=O) groups excluding carboxylic acids is 1. The maximum Gasteiger partial charge on any atom is 0.223 e. The quantitative estimate of drug-likeness (QED) is 0.673. The van der Waals surface area contributed by atoms with Gasteiger partial charge in [-0.2, -0.15) is 0 Å². The third kappa shape index (κ3) is 3.35. The molecule has 3 heteroatoms. The summed E-state index contributed by atoms with van der Waals surface area (Å²) in [5.74, 6) is 0.480. The van der Waals surface area contributed by atoms with Crippen LogP contribution in [0.2, 0.25) is 0 Å². The fourth-order valence-corrected chi connectivity index (χ4v) is 1.50. The number of hydrogen-bond acceptors (Lipinski definition) is 2. The van der Waals surface area contributed by atoms with Crippen LogP contribution in [0.1, 0.15) is 39.0 Å². The van der Waals surface area contributed by atoms with Gasteiger partial charge in [0.2, 0.25) is 5.91 Å². The molecule has 0 aromatic rings. The van der Waals surface area contributed by atoms with E-state index in [1.54, 1.807) is 0 Å². The summed E-state index contributed by atoms with van der Waals surface area (Å²) in [5, 5.41) is 11.6. The summed E-state index contributed by atoms with van der Waals surface area (Å²) < 4.78 is 0. The number of amides is 1. The van der Waals surface area contributed by atoms with E-state index in [1.807, 2.05) is 6.92 Å². The van der Waals surface area contributed by atoms with Crippen molar-refractivity contribution >= 4 is 5.91 Å². The molecule has 0 radical (unpaired) electrons. The molecule has 2 N–H and O–H groups in total. The molecule has 0 saturated heterocycles. The number of aliphatic hydroxyl groups excluding tert-OH is 1. The summed E-state index contributed by atoms with van der Waals surface area (Å²) in [6.07, 6.45) is 4.95. The molecule has 0 aliphatic heterocycles. The predicted octanol–water partition coefficient (Wildman–Crippen LogP) is 1.06. The van der Waals surface area contributed by atoms with Crippen molar-refractivity contribution in [2.45, 2.75) is 45.1 Å².